The van der Waals surface area contributed by atoms with Crippen LogP contribution in [-0.4, -0.2) is 22.1 Å². The van der Waals surface area contributed by atoms with Crippen molar-refractivity contribution in [2.75, 3.05) is 6.54 Å². The molecule has 0 radical (unpaired) electrons. The molecule has 0 saturated carbocycles. The lowest BCUT2D eigenvalue weighted by molar-refractivity contribution is 0.248. The molecule has 2 rings (SSSR count). The van der Waals surface area contributed by atoms with Gasteiger partial charge in [0.1, 0.15) is 17.4 Å². The Balaban J connectivity index is 2.47. The number of amides is 2. The number of para-hydroxylation sites is 1. The highest BCUT2D eigenvalue weighted by Crippen LogP contribution is 2.26. The summed E-state index contributed by atoms with van der Waals surface area (Å²) in [7, 11) is 0. The Hall–Kier alpha value is -2.26. The molecule has 20 heavy (non-hydrogen) atoms. The van der Waals surface area contributed by atoms with E-state index in [-0.39, 0.29) is 5.38 Å². The maximum Gasteiger partial charge on any atom is 0.312 e. The minimum Gasteiger partial charge on any atom is -0.352 e. The van der Waals surface area contributed by atoms with Gasteiger partial charge in [0, 0.05) is 13.1 Å². The highest BCUT2D eigenvalue weighted by molar-refractivity contribution is 6.20. The fourth-order valence-corrected chi connectivity index (χ4v) is 2.25. The quantitative estimate of drug-likeness (QED) is 0.842. The zero-order valence-corrected chi connectivity index (χ0v) is 11.7. The number of carbonyl (C=O) groups is 1. The number of carbonyl (C=O) groups excluding carboxylic acids is 1. The van der Waals surface area contributed by atoms with Gasteiger partial charge >= 0.3 is 6.03 Å². The van der Waals surface area contributed by atoms with Crippen LogP contribution in [0.4, 0.5) is 4.79 Å². The maximum absolute atomic E-state index is 10.7. The molecule has 1 unspecified atom stereocenters. The molecule has 104 valence electrons. The molecule has 1 atom stereocenters. The first-order valence-electron chi connectivity index (χ1n) is 6.11. The van der Waals surface area contributed by atoms with Crippen molar-refractivity contribution in [2.24, 2.45) is 5.73 Å². The fourth-order valence-electron chi connectivity index (χ4n) is 2.08. The summed E-state index contributed by atoms with van der Waals surface area (Å²) in [5.41, 5.74) is 6.99. The van der Waals surface area contributed by atoms with Crippen LogP contribution in [0.5, 0.6) is 0 Å². The van der Waals surface area contributed by atoms with Crippen LogP contribution in [0.2, 0.25) is 0 Å². The third-order valence-corrected chi connectivity index (χ3v) is 3.11. The SMILES string of the molecule is CC(Cl)c1nc2c(C#N)cccc2n1CCNC(N)=O. The zero-order valence-electron chi connectivity index (χ0n) is 10.9. The molecular weight excluding hydrogens is 278 g/mol. The Morgan fingerprint density at radius 2 is 2.40 bits per heavy atom. The number of nitrogens with one attached hydrogen (secondary N) is 1. The number of nitrogens with two attached hydrogens (primary N) is 1. The molecule has 0 aliphatic heterocycles. The summed E-state index contributed by atoms with van der Waals surface area (Å²) in [4.78, 5) is 15.2. The summed E-state index contributed by atoms with van der Waals surface area (Å²) in [6.45, 7) is 2.67. The average Bonchev–Trinajstić information content (AvgIpc) is 2.77. The van der Waals surface area contributed by atoms with Gasteiger partial charge in [-0.1, -0.05) is 6.07 Å². The number of hydrogen-bond acceptors (Lipinski definition) is 3. The minimum absolute atomic E-state index is 0.303. The molecule has 3 N–H and O–H groups in total. The third kappa shape index (κ3) is 2.68. The predicted molar refractivity (Wildman–Crippen MR) is 76.3 cm³/mol. The molecule has 1 aromatic heterocycles. The van der Waals surface area contributed by atoms with E-state index in [1.165, 1.54) is 0 Å². The van der Waals surface area contributed by atoms with Gasteiger partial charge < -0.3 is 15.6 Å². The lowest BCUT2D eigenvalue weighted by atomic mass is 10.2. The molecule has 0 aliphatic rings. The van der Waals surface area contributed by atoms with Crippen molar-refractivity contribution in [3.63, 3.8) is 0 Å². The van der Waals surface area contributed by atoms with E-state index in [1.807, 2.05) is 17.6 Å². The second-order valence-electron chi connectivity index (χ2n) is 4.31. The smallest absolute Gasteiger partial charge is 0.312 e. The molecule has 0 bridgehead atoms. The fraction of sp³-hybridized carbons (Fsp3) is 0.308. The van der Waals surface area contributed by atoms with Gasteiger partial charge in [0.25, 0.3) is 0 Å². The van der Waals surface area contributed by atoms with Crippen LogP contribution in [0.3, 0.4) is 0 Å². The highest BCUT2D eigenvalue weighted by Gasteiger charge is 2.16. The number of alkyl halides is 1. The topological polar surface area (TPSA) is 96.7 Å². The van der Waals surface area contributed by atoms with Gasteiger partial charge in [-0.15, -0.1) is 11.6 Å². The summed E-state index contributed by atoms with van der Waals surface area (Å²) in [5.74, 6) is 0.663. The van der Waals surface area contributed by atoms with Gasteiger partial charge in [-0.3, -0.25) is 0 Å². The van der Waals surface area contributed by atoms with E-state index in [0.717, 1.165) is 5.52 Å². The van der Waals surface area contributed by atoms with Crippen molar-refractivity contribution in [1.29, 1.82) is 5.26 Å². The summed E-state index contributed by atoms with van der Waals surface area (Å²) >= 11 is 6.14. The van der Waals surface area contributed by atoms with E-state index in [2.05, 4.69) is 16.4 Å². The number of urea groups is 1. The number of imidazole rings is 1. The van der Waals surface area contributed by atoms with Crippen LogP contribution in [-0.2, 0) is 6.54 Å². The summed E-state index contributed by atoms with van der Waals surface area (Å²) in [6.07, 6.45) is 0. The second-order valence-corrected chi connectivity index (χ2v) is 4.97. The summed E-state index contributed by atoms with van der Waals surface area (Å²) in [6, 6.07) is 6.92. The Morgan fingerprint density at radius 3 is 3.00 bits per heavy atom. The molecule has 2 amide bonds. The van der Waals surface area contributed by atoms with Crippen LogP contribution in [0.25, 0.3) is 11.0 Å². The number of nitrogens with zero attached hydrogens (tertiary/aromatic N) is 3. The Kier molecular flexibility index (Phi) is 4.11. The van der Waals surface area contributed by atoms with Crippen LogP contribution >= 0.6 is 11.6 Å². The monoisotopic (exact) mass is 291 g/mol. The summed E-state index contributed by atoms with van der Waals surface area (Å²) in [5, 5.41) is 11.3. The van der Waals surface area contributed by atoms with Crippen LogP contribution in [0, 0.1) is 11.3 Å². The van der Waals surface area contributed by atoms with Crippen LogP contribution < -0.4 is 11.1 Å². The lowest BCUT2D eigenvalue weighted by Gasteiger charge is -2.10. The lowest BCUT2D eigenvalue weighted by Crippen LogP contribution is -2.32. The number of primary amides is 1. The van der Waals surface area contributed by atoms with Crippen molar-refractivity contribution in [3.05, 3.63) is 29.6 Å². The second kappa shape index (κ2) is 5.80. The van der Waals surface area contributed by atoms with Crippen molar-refractivity contribution in [3.8, 4) is 6.07 Å². The number of aromatic nitrogens is 2. The predicted octanol–water partition coefficient (Wildman–Crippen LogP) is 1.88. The molecule has 0 fully saturated rings. The molecule has 0 spiro atoms. The van der Waals surface area contributed by atoms with E-state index in [1.54, 1.807) is 12.1 Å². The maximum atomic E-state index is 10.7. The van der Waals surface area contributed by atoms with Gasteiger partial charge in [-0.05, 0) is 19.1 Å². The van der Waals surface area contributed by atoms with Crippen LogP contribution in [0.1, 0.15) is 23.7 Å². The molecule has 1 heterocycles. The molecule has 1 aromatic carbocycles. The number of benzene rings is 1. The van der Waals surface area contributed by atoms with E-state index >= 15 is 0 Å². The van der Waals surface area contributed by atoms with E-state index < -0.39 is 6.03 Å². The number of fused-ring (bicyclic) bond motifs is 1. The van der Waals surface area contributed by atoms with E-state index in [9.17, 15) is 4.79 Å². The Bertz CT molecular complexity index is 686. The van der Waals surface area contributed by atoms with Crippen LogP contribution in [0.15, 0.2) is 18.2 Å². The molecule has 0 aliphatic carbocycles. The molecule has 2 aromatic rings. The summed E-state index contributed by atoms with van der Waals surface area (Å²) < 4.78 is 1.89. The number of nitriles is 1. The first kappa shape index (κ1) is 14.2. The van der Waals surface area contributed by atoms with Gasteiger partial charge in [0.2, 0.25) is 0 Å². The highest BCUT2D eigenvalue weighted by atomic mass is 35.5. The van der Waals surface area contributed by atoms with Crippen molar-refractivity contribution in [1.82, 2.24) is 14.9 Å². The largest absolute Gasteiger partial charge is 0.352 e. The Morgan fingerprint density at radius 1 is 1.65 bits per heavy atom. The molecule has 0 saturated heterocycles. The number of rotatable bonds is 4. The first-order chi connectivity index (χ1) is 9.54. The first-order valence-corrected chi connectivity index (χ1v) is 6.55. The number of halogens is 1. The normalized spacial score (nSPS) is 12.1. The Labute approximate surface area is 121 Å². The average molecular weight is 292 g/mol. The zero-order chi connectivity index (χ0) is 14.7. The van der Waals surface area contributed by atoms with E-state index in [4.69, 9.17) is 22.6 Å². The number of hydrogen-bond donors (Lipinski definition) is 2. The molecule has 6 nitrogen and oxygen atoms in total. The van der Waals surface area contributed by atoms with Gasteiger partial charge in [0.05, 0.1) is 16.5 Å². The van der Waals surface area contributed by atoms with Gasteiger partial charge in [-0.2, -0.15) is 5.26 Å². The van der Waals surface area contributed by atoms with Crippen molar-refractivity contribution < 1.29 is 4.79 Å². The third-order valence-electron chi connectivity index (χ3n) is 2.92. The minimum atomic E-state index is -0.576. The van der Waals surface area contributed by atoms with Crippen molar-refractivity contribution in [2.45, 2.75) is 18.8 Å². The van der Waals surface area contributed by atoms with Crippen molar-refractivity contribution >= 4 is 28.7 Å². The standard InChI is InChI=1S/C13H14ClN5O/c1-8(14)12-18-11-9(7-15)3-2-4-10(11)19(12)6-5-17-13(16)20/h2-4,8H,5-6H2,1H3,(H3,16,17,20). The van der Waals surface area contributed by atoms with E-state index in [0.29, 0.717) is 30.0 Å². The van der Waals surface area contributed by atoms with Gasteiger partial charge in [0.15, 0.2) is 0 Å². The molecule has 7 heteroatoms. The van der Waals surface area contributed by atoms with Gasteiger partial charge in [-0.25, -0.2) is 9.78 Å². The molecular formula is C13H14ClN5O.